The molecular formula is C32H35N7O3S2. The lowest BCUT2D eigenvalue weighted by Gasteiger charge is -2.30. The van der Waals surface area contributed by atoms with E-state index in [1.807, 2.05) is 24.9 Å². The average molecular weight is 630 g/mol. The van der Waals surface area contributed by atoms with Gasteiger partial charge in [-0.05, 0) is 55.6 Å². The smallest absolute Gasteiger partial charge is 0.407 e. The molecule has 10 nitrogen and oxygen atoms in total. The summed E-state index contributed by atoms with van der Waals surface area (Å²) in [5, 5.41) is 2.71. The van der Waals surface area contributed by atoms with E-state index in [0.717, 1.165) is 52.6 Å². The number of H-pyrrole nitrogens is 2. The fourth-order valence-electron chi connectivity index (χ4n) is 6.17. The van der Waals surface area contributed by atoms with Crippen molar-refractivity contribution in [2.75, 3.05) is 27.2 Å². The number of carbonyl (C=O) groups excluding carboxylic acids is 2. The summed E-state index contributed by atoms with van der Waals surface area (Å²) in [6, 6.07) is 10.3. The van der Waals surface area contributed by atoms with Gasteiger partial charge in [0.05, 0.1) is 47.0 Å². The fourth-order valence-corrected chi connectivity index (χ4v) is 8.53. The summed E-state index contributed by atoms with van der Waals surface area (Å²) in [6.07, 6.45) is 7.34. The van der Waals surface area contributed by atoms with E-state index >= 15 is 0 Å². The van der Waals surface area contributed by atoms with Crippen molar-refractivity contribution in [3.8, 4) is 21.0 Å². The Morgan fingerprint density at radius 3 is 2.64 bits per heavy atom. The van der Waals surface area contributed by atoms with E-state index in [1.54, 1.807) is 22.7 Å². The third-order valence-corrected chi connectivity index (χ3v) is 10.9. The zero-order valence-corrected chi connectivity index (χ0v) is 26.7. The molecule has 2 aliphatic rings. The van der Waals surface area contributed by atoms with E-state index in [2.05, 4.69) is 69.7 Å². The number of thiophene rings is 2. The Kier molecular flexibility index (Phi) is 7.51. The second kappa shape index (κ2) is 11.5. The molecule has 228 valence electrons. The zero-order valence-electron chi connectivity index (χ0n) is 25.1. The number of rotatable bonds is 7. The summed E-state index contributed by atoms with van der Waals surface area (Å²) in [7, 11) is 3.42. The number of likely N-dealkylation sites (N-methyl/N-ethyl adjacent to an activating group) is 1. The second-order valence-electron chi connectivity index (χ2n) is 11.8. The molecule has 44 heavy (non-hydrogen) atoms. The Hall–Kier alpha value is -4.00. The van der Waals surface area contributed by atoms with E-state index in [1.165, 1.54) is 27.0 Å². The van der Waals surface area contributed by atoms with Crippen LogP contribution in [0.5, 0.6) is 0 Å². The number of benzene rings is 1. The fraction of sp³-hybridized carbons (Fsp3) is 0.375. The molecule has 3 atom stereocenters. The first-order chi connectivity index (χ1) is 21.3. The highest BCUT2D eigenvalue weighted by atomic mass is 32.1. The summed E-state index contributed by atoms with van der Waals surface area (Å²) < 4.78 is 7.21. The number of aromatic amines is 2. The highest BCUT2D eigenvalue weighted by molar-refractivity contribution is 7.31. The molecule has 2 amide bonds. The van der Waals surface area contributed by atoms with E-state index in [0.29, 0.717) is 6.54 Å². The highest BCUT2D eigenvalue weighted by Gasteiger charge is 2.37. The van der Waals surface area contributed by atoms with Crippen molar-refractivity contribution in [3.05, 3.63) is 60.3 Å². The van der Waals surface area contributed by atoms with E-state index in [9.17, 15) is 9.59 Å². The van der Waals surface area contributed by atoms with Gasteiger partial charge in [-0.1, -0.05) is 32.1 Å². The van der Waals surface area contributed by atoms with Gasteiger partial charge in [-0.25, -0.2) is 14.8 Å². The van der Waals surface area contributed by atoms with Crippen molar-refractivity contribution in [2.45, 2.75) is 44.8 Å². The Morgan fingerprint density at radius 1 is 1.09 bits per heavy atom. The van der Waals surface area contributed by atoms with Crippen molar-refractivity contribution in [1.29, 1.82) is 0 Å². The molecule has 12 heteroatoms. The average Bonchev–Trinajstić information content (AvgIpc) is 3.83. The second-order valence-corrected chi connectivity index (χ2v) is 14.0. The number of hydrogen-bond donors (Lipinski definition) is 3. The molecule has 1 fully saturated rings. The molecule has 5 aromatic rings. The number of ether oxygens (including phenoxy) is 1. The van der Waals surface area contributed by atoms with Crippen LogP contribution >= 0.6 is 22.7 Å². The predicted octanol–water partition coefficient (Wildman–Crippen LogP) is 6.48. The standard InChI is InChI=1S/C32H35N7O3S2/c1-17(2)28(37-32(41)42-4)31(40)39-12-6-8-23(39)29-33-16-21(36-29)25-15-27-26(44-25)14-24(43-27)18-9-10-19-20(13-18)35-30(34-19)22-7-5-11-38(22)3/h5,7,9-10,13-17,22-23,28H,6,8,11-12H2,1-4H3,(H,33,36)(H,34,35)(H,37,41). The summed E-state index contributed by atoms with van der Waals surface area (Å²) in [5.74, 6) is 1.57. The molecule has 1 aromatic carbocycles. The summed E-state index contributed by atoms with van der Waals surface area (Å²) >= 11 is 3.52. The molecule has 1 saturated heterocycles. The van der Waals surface area contributed by atoms with Crippen molar-refractivity contribution in [3.63, 3.8) is 0 Å². The topological polar surface area (TPSA) is 119 Å². The lowest BCUT2D eigenvalue weighted by Crippen LogP contribution is -2.51. The summed E-state index contributed by atoms with van der Waals surface area (Å²) in [5.41, 5.74) is 4.15. The van der Waals surface area contributed by atoms with Crippen LogP contribution in [0.1, 0.15) is 50.4 Å². The summed E-state index contributed by atoms with van der Waals surface area (Å²) in [6.45, 7) is 5.40. The number of alkyl carbamates (subject to hydrolysis) is 1. The van der Waals surface area contributed by atoms with Gasteiger partial charge in [0.25, 0.3) is 0 Å². The number of amides is 2. The zero-order chi connectivity index (χ0) is 30.5. The van der Waals surface area contributed by atoms with Crippen LogP contribution in [0.4, 0.5) is 4.79 Å². The Balaban J connectivity index is 1.09. The largest absolute Gasteiger partial charge is 0.453 e. The number of nitrogens with one attached hydrogen (secondary N) is 3. The van der Waals surface area contributed by atoms with Crippen molar-refractivity contribution < 1.29 is 14.3 Å². The Labute approximate surface area is 263 Å². The molecule has 0 spiro atoms. The van der Waals surface area contributed by atoms with Crippen LogP contribution in [-0.4, -0.2) is 75.0 Å². The normalized spacial score (nSPS) is 19.5. The van der Waals surface area contributed by atoms with Crippen LogP contribution < -0.4 is 5.32 Å². The van der Waals surface area contributed by atoms with Gasteiger partial charge in [-0.2, -0.15) is 0 Å². The van der Waals surface area contributed by atoms with Gasteiger partial charge in [-0.15, -0.1) is 22.7 Å². The van der Waals surface area contributed by atoms with Gasteiger partial charge in [0.1, 0.15) is 17.7 Å². The number of carbonyl (C=O) groups is 2. The van der Waals surface area contributed by atoms with Crippen LogP contribution in [0.15, 0.2) is 48.7 Å². The SMILES string of the molecule is COC(=O)NC(C(=O)N1CCCC1c1ncc(-c2cc3sc(-c4ccc5nc(C6C=CCN6C)[nH]c5c4)cc3s2)[nH]1)C(C)C. The molecule has 0 aliphatic carbocycles. The molecule has 3 unspecified atom stereocenters. The number of hydrogen-bond acceptors (Lipinski definition) is 8. The quantitative estimate of drug-likeness (QED) is 0.177. The molecule has 0 bridgehead atoms. The van der Waals surface area contributed by atoms with Gasteiger partial charge in [-0.3, -0.25) is 9.69 Å². The number of methoxy groups -OCH3 is 1. The number of imidazole rings is 2. The lowest BCUT2D eigenvalue weighted by molar-refractivity contribution is -0.135. The maximum absolute atomic E-state index is 13.5. The van der Waals surface area contributed by atoms with Crippen LogP contribution in [-0.2, 0) is 9.53 Å². The van der Waals surface area contributed by atoms with Crippen LogP contribution in [0, 0.1) is 5.92 Å². The van der Waals surface area contributed by atoms with Gasteiger partial charge >= 0.3 is 6.09 Å². The molecule has 0 radical (unpaired) electrons. The monoisotopic (exact) mass is 629 g/mol. The molecule has 0 saturated carbocycles. The number of nitrogens with zero attached hydrogens (tertiary/aromatic N) is 4. The molecule has 4 aromatic heterocycles. The first-order valence-electron chi connectivity index (χ1n) is 14.9. The first-order valence-corrected chi connectivity index (χ1v) is 16.5. The molecular weight excluding hydrogens is 595 g/mol. The van der Waals surface area contributed by atoms with Crippen LogP contribution in [0.3, 0.4) is 0 Å². The molecule has 3 N–H and O–H groups in total. The lowest BCUT2D eigenvalue weighted by atomic mass is 10.0. The van der Waals surface area contributed by atoms with Gasteiger partial charge < -0.3 is 24.9 Å². The van der Waals surface area contributed by atoms with Gasteiger partial charge in [0, 0.05) is 27.4 Å². The van der Waals surface area contributed by atoms with Gasteiger partial charge in [0.15, 0.2) is 0 Å². The maximum Gasteiger partial charge on any atom is 0.407 e. The van der Waals surface area contributed by atoms with E-state index in [-0.39, 0.29) is 23.9 Å². The summed E-state index contributed by atoms with van der Waals surface area (Å²) in [4.78, 5) is 48.4. The van der Waals surface area contributed by atoms with E-state index < -0.39 is 12.1 Å². The predicted molar refractivity (Wildman–Crippen MR) is 175 cm³/mol. The van der Waals surface area contributed by atoms with E-state index in [4.69, 9.17) is 14.7 Å². The molecule has 2 aliphatic heterocycles. The van der Waals surface area contributed by atoms with Crippen molar-refractivity contribution in [1.82, 2.24) is 35.1 Å². The van der Waals surface area contributed by atoms with Crippen molar-refractivity contribution >= 4 is 55.1 Å². The molecule has 6 heterocycles. The Morgan fingerprint density at radius 2 is 1.89 bits per heavy atom. The molecule has 7 rings (SSSR count). The third-order valence-electron chi connectivity index (χ3n) is 8.56. The minimum absolute atomic E-state index is 0.0748. The van der Waals surface area contributed by atoms with Gasteiger partial charge in [0.2, 0.25) is 5.91 Å². The minimum atomic E-state index is -0.655. The third kappa shape index (κ3) is 5.20. The van der Waals surface area contributed by atoms with Crippen molar-refractivity contribution in [2.24, 2.45) is 5.92 Å². The number of likely N-dealkylation sites (tertiary alicyclic amines) is 1. The van der Waals surface area contributed by atoms with Crippen LogP contribution in [0.2, 0.25) is 0 Å². The maximum atomic E-state index is 13.5. The highest BCUT2D eigenvalue weighted by Crippen LogP contribution is 2.42. The number of fused-ring (bicyclic) bond motifs is 2. The first kappa shape index (κ1) is 28.8. The number of aromatic nitrogens is 4. The van der Waals surface area contributed by atoms with Crippen LogP contribution in [0.25, 0.3) is 41.4 Å². The Bertz CT molecular complexity index is 1850. The minimum Gasteiger partial charge on any atom is -0.453 e.